The van der Waals surface area contributed by atoms with E-state index in [2.05, 4.69) is 15.3 Å². The minimum absolute atomic E-state index is 0.260. The number of anilines is 1. The molecule has 3 N–H and O–H groups in total. The first-order valence-corrected chi connectivity index (χ1v) is 4.88. The number of pyridine rings is 1. The Kier molecular flexibility index (Phi) is 3.06. The summed E-state index contributed by atoms with van der Waals surface area (Å²) >= 11 is 0. The average Bonchev–Trinajstić information content (AvgIpc) is 2.28. The maximum absolute atomic E-state index is 11.6. The molecule has 0 bridgehead atoms. The molecule has 0 spiro atoms. The number of rotatable bonds is 4. The SMILES string of the molecule is O=C(O)CONc1cc2ccccc2c(=O)[nH]1. The molecule has 0 unspecified atom stereocenters. The van der Waals surface area contributed by atoms with E-state index in [9.17, 15) is 9.59 Å². The van der Waals surface area contributed by atoms with Gasteiger partial charge in [0.15, 0.2) is 6.61 Å². The van der Waals surface area contributed by atoms with E-state index in [-0.39, 0.29) is 5.56 Å². The topological polar surface area (TPSA) is 91.4 Å². The lowest BCUT2D eigenvalue weighted by Crippen LogP contribution is -2.15. The molecule has 0 amide bonds. The van der Waals surface area contributed by atoms with Gasteiger partial charge in [-0.15, -0.1) is 0 Å². The van der Waals surface area contributed by atoms with Gasteiger partial charge >= 0.3 is 5.97 Å². The van der Waals surface area contributed by atoms with Crippen LogP contribution < -0.4 is 11.0 Å². The molecule has 1 aromatic heterocycles. The molecule has 0 saturated heterocycles. The molecule has 0 atom stereocenters. The van der Waals surface area contributed by atoms with Crippen molar-refractivity contribution in [1.82, 2.24) is 4.98 Å². The second-order valence-electron chi connectivity index (χ2n) is 3.38. The quantitative estimate of drug-likeness (QED) is 0.685. The summed E-state index contributed by atoms with van der Waals surface area (Å²) in [5, 5.41) is 9.69. The van der Waals surface area contributed by atoms with Crippen LogP contribution in [-0.4, -0.2) is 22.7 Å². The van der Waals surface area contributed by atoms with Crippen LogP contribution in [0, 0.1) is 0 Å². The van der Waals surface area contributed by atoms with Crippen LogP contribution in [0.2, 0.25) is 0 Å². The van der Waals surface area contributed by atoms with E-state index in [4.69, 9.17) is 5.11 Å². The Hall–Kier alpha value is -2.34. The summed E-state index contributed by atoms with van der Waals surface area (Å²) in [5.74, 6) is -0.782. The molecule has 1 aromatic carbocycles. The Labute approximate surface area is 95.8 Å². The average molecular weight is 234 g/mol. The second kappa shape index (κ2) is 4.67. The number of nitrogens with one attached hydrogen (secondary N) is 2. The minimum Gasteiger partial charge on any atom is -0.479 e. The molecule has 0 aliphatic rings. The Bertz CT molecular complexity index is 606. The van der Waals surface area contributed by atoms with Gasteiger partial charge in [0.2, 0.25) is 0 Å². The lowest BCUT2D eigenvalue weighted by Gasteiger charge is -2.05. The first-order chi connectivity index (χ1) is 8.16. The van der Waals surface area contributed by atoms with E-state index in [1.54, 1.807) is 24.3 Å². The zero-order chi connectivity index (χ0) is 12.3. The van der Waals surface area contributed by atoms with Crippen molar-refractivity contribution in [1.29, 1.82) is 0 Å². The molecule has 2 rings (SSSR count). The molecule has 1 heterocycles. The van der Waals surface area contributed by atoms with Crippen molar-refractivity contribution >= 4 is 22.6 Å². The van der Waals surface area contributed by atoms with Crippen LogP contribution in [-0.2, 0) is 9.63 Å². The molecule has 6 heteroatoms. The molecule has 0 aliphatic carbocycles. The number of H-pyrrole nitrogens is 1. The summed E-state index contributed by atoms with van der Waals surface area (Å²) < 4.78 is 0. The molecule has 0 radical (unpaired) electrons. The number of carboxylic acid groups (broad SMARTS) is 1. The molecule has 0 saturated carbocycles. The number of carbonyl (C=O) groups is 1. The highest BCUT2D eigenvalue weighted by molar-refractivity contribution is 5.83. The highest BCUT2D eigenvalue weighted by atomic mass is 16.7. The molecule has 6 nitrogen and oxygen atoms in total. The third-order valence-corrected chi connectivity index (χ3v) is 2.13. The largest absolute Gasteiger partial charge is 0.479 e. The van der Waals surface area contributed by atoms with Gasteiger partial charge in [-0.05, 0) is 17.5 Å². The molecule has 88 valence electrons. The number of aromatic amines is 1. The van der Waals surface area contributed by atoms with E-state index in [1.807, 2.05) is 6.07 Å². The Balaban J connectivity index is 2.25. The number of carboxylic acids is 1. The molecular formula is C11H10N2O4. The fourth-order valence-electron chi connectivity index (χ4n) is 1.44. The van der Waals surface area contributed by atoms with E-state index in [0.29, 0.717) is 11.2 Å². The summed E-state index contributed by atoms with van der Waals surface area (Å²) in [4.78, 5) is 29.1. The lowest BCUT2D eigenvalue weighted by atomic mass is 10.2. The molecule has 0 fully saturated rings. The summed E-state index contributed by atoms with van der Waals surface area (Å²) in [5.41, 5.74) is 2.11. The monoisotopic (exact) mass is 234 g/mol. The van der Waals surface area contributed by atoms with Crippen molar-refractivity contribution < 1.29 is 14.7 Å². The summed E-state index contributed by atoms with van der Waals surface area (Å²) in [6.07, 6.45) is 0. The van der Waals surface area contributed by atoms with Crippen LogP contribution in [0.25, 0.3) is 10.8 Å². The number of hydrogen-bond acceptors (Lipinski definition) is 4. The Morgan fingerprint density at radius 2 is 2.18 bits per heavy atom. The first kappa shape index (κ1) is 11.2. The number of hydrogen-bond donors (Lipinski definition) is 3. The molecule has 2 aromatic rings. The van der Waals surface area contributed by atoms with Gasteiger partial charge in [-0.1, -0.05) is 18.2 Å². The van der Waals surface area contributed by atoms with Crippen molar-refractivity contribution in [2.45, 2.75) is 0 Å². The maximum atomic E-state index is 11.6. The van der Waals surface area contributed by atoms with Gasteiger partial charge in [0.25, 0.3) is 5.56 Å². The third kappa shape index (κ3) is 2.61. The first-order valence-electron chi connectivity index (χ1n) is 4.88. The van der Waals surface area contributed by atoms with E-state index in [0.717, 1.165) is 5.39 Å². The predicted molar refractivity (Wildman–Crippen MR) is 61.8 cm³/mol. The molecular weight excluding hydrogens is 224 g/mol. The zero-order valence-electron chi connectivity index (χ0n) is 8.77. The Morgan fingerprint density at radius 3 is 2.94 bits per heavy atom. The van der Waals surface area contributed by atoms with Crippen molar-refractivity contribution in [2.75, 3.05) is 12.1 Å². The standard InChI is InChI=1S/C11H10N2O4/c14-10(15)6-17-13-9-5-7-3-1-2-4-8(7)11(16)12-9/h1-5H,6H2,(H,14,15)(H2,12,13,16). The van der Waals surface area contributed by atoms with E-state index < -0.39 is 12.6 Å². The van der Waals surface area contributed by atoms with Gasteiger partial charge in [0.05, 0.1) is 0 Å². The van der Waals surface area contributed by atoms with Gasteiger partial charge < -0.3 is 10.1 Å². The van der Waals surface area contributed by atoms with E-state index in [1.165, 1.54) is 0 Å². The second-order valence-corrected chi connectivity index (χ2v) is 3.38. The van der Waals surface area contributed by atoms with Crippen molar-refractivity contribution in [3.05, 3.63) is 40.7 Å². The van der Waals surface area contributed by atoms with Crippen LogP contribution in [0.15, 0.2) is 35.1 Å². The van der Waals surface area contributed by atoms with Crippen molar-refractivity contribution in [2.24, 2.45) is 0 Å². The van der Waals surface area contributed by atoms with Crippen LogP contribution in [0.1, 0.15) is 0 Å². The number of benzene rings is 1. The fraction of sp³-hybridized carbons (Fsp3) is 0.0909. The van der Waals surface area contributed by atoms with Crippen LogP contribution >= 0.6 is 0 Å². The minimum atomic E-state index is -1.10. The van der Waals surface area contributed by atoms with Gasteiger partial charge in [0.1, 0.15) is 5.82 Å². The predicted octanol–water partition coefficient (Wildman–Crippen LogP) is 0.956. The van der Waals surface area contributed by atoms with Crippen LogP contribution in [0.3, 0.4) is 0 Å². The van der Waals surface area contributed by atoms with Gasteiger partial charge in [0, 0.05) is 5.39 Å². The third-order valence-electron chi connectivity index (χ3n) is 2.13. The van der Waals surface area contributed by atoms with Gasteiger partial charge in [-0.2, -0.15) is 0 Å². The Morgan fingerprint density at radius 1 is 1.41 bits per heavy atom. The summed E-state index contributed by atoms with van der Waals surface area (Å²) in [6.45, 7) is -0.491. The lowest BCUT2D eigenvalue weighted by molar-refractivity contribution is -0.141. The van der Waals surface area contributed by atoms with Gasteiger partial charge in [-0.3, -0.25) is 15.1 Å². The van der Waals surface area contributed by atoms with Gasteiger partial charge in [-0.25, -0.2) is 4.79 Å². The zero-order valence-corrected chi connectivity index (χ0v) is 8.77. The van der Waals surface area contributed by atoms with Crippen molar-refractivity contribution in [3.63, 3.8) is 0 Å². The number of fused-ring (bicyclic) bond motifs is 1. The number of aromatic nitrogens is 1. The summed E-state index contributed by atoms with van der Waals surface area (Å²) in [6, 6.07) is 8.73. The highest BCUT2D eigenvalue weighted by Crippen LogP contribution is 2.12. The van der Waals surface area contributed by atoms with E-state index >= 15 is 0 Å². The maximum Gasteiger partial charge on any atom is 0.332 e. The molecule has 17 heavy (non-hydrogen) atoms. The highest BCUT2D eigenvalue weighted by Gasteiger charge is 2.02. The fourth-order valence-corrected chi connectivity index (χ4v) is 1.44. The van der Waals surface area contributed by atoms with Crippen LogP contribution in [0.5, 0.6) is 0 Å². The van der Waals surface area contributed by atoms with Crippen molar-refractivity contribution in [3.8, 4) is 0 Å². The summed E-state index contributed by atoms with van der Waals surface area (Å²) in [7, 11) is 0. The van der Waals surface area contributed by atoms with Crippen LogP contribution in [0.4, 0.5) is 5.82 Å². The smallest absolute Gasteiger partial charge is 0.332 e. The number of aliphatic carboxylic acids is 1. The normalized spacial score (nSPS) is 10.4. The molecule has 0 aliphatic heterocycles.